The number of hydrogen-bond acceptors (Lipinski definition) is 2. The van der Waals surface area contributed by atoms with E-state index in [-0.39, 0.29) is 0 Å². The number of rotatable bonds is 2. The van der Waals surface area contributed by atoms with E-state index in [4.69, 9.17) is 17.5 Å². The molecule has 1 aromatic rings. The number of imidazole rings is 1. The summed E-state index contributed by atoms with van der Waals surface area (Å²) in [5.41, 5.74) is 0. The first-order valence-electron chi connectivity index (χ1n) is 4.53. The smallest absolute Gasteiger partial charge is 0.264 e. The zero-order valence-electron chi connectivity index (χ0n) is 9.08. The van der Waals surface area contributed by atoms with Gasteiger partial charge in [0.25, 0.3) is 5.82 Å². The van der Waals surface area contributed by atoms with Gasteiger partial charge >= 0.3 is 10.4 Å². The quantitative estimate of drug-likeness (QED) is 0.570. The van der Waals surface area contributed by atoms with E-state index in [1.807, 2.05) is 0 Å². The Balaban J connectivity index is 0.000000336. The average molecular weight is 237 g/mol. The summed E-state index contributed by atoms with van der Waals surface area (Å²) in [6.45, 7) is 5.42. The van der Waals surface area contributed by atoms with Gasteiger partial charge in [0.15, 0.2) is 0 Å². The van der Waals surface area contributed by atoms with Gasteiger partial charge in [-0.25, -0.2) is 9.13 Å². The Hall–Kier alpha value is -0.920. The topological polar surface area (TPSA) is 83.4 Å². The monoisotopic (exact) mass is 237 g/mol. The molecule has 0 radical (unpaired) electrons. The van der Waals surface area contributed by atoms with Crippen molar-refractivity contribution in [3.8, 4) is 0 Å². The van der Waals surface area contributed by atoms with Crippen LogP contribution in [-0.2, 0) is 30.4 Å². The summed E-state index contributed by atoms with van der Waals surface area (Å²) < 4.78 is 36.0. The predicted molar refractivity (Wildman–Crippen MR) is 54.8 cm³/mol. The molecule has 15 heavy (non-hydrogen) atoms. The van der Waals surface area contributed by atoms with Gasteiger partial charge in [0.05, 0.1) is 13.6 Å². The van der Waals surface area contributed by atoms with Crippen LogP contribution in [0.2, 0.25) is 0 Å². The molecule has 0 aliphatic carbocycles. The molecule has 0 saturated carbocycles. The second-order valence-corrected chi connectivity index (χ2v) is 3.81. The Morgan fingerprint density at radius 2 is 1.87 bits per heavy atom. The van der Waals surface area contributed by atoms with E-state index in [0.717, 1.165) is 13.0 Å². The number of aryl methyl sites for hydroxylation is 2. The molecule has 0 atom stereocenters. The van der Waals surface area contributed by atoms with Crippen LogP contribution in [0, 0.1) is 0 Å². The molecule has 88 valence electrons. The normalized spacial score (nSPS) is 10.7. The summed E-state index contributed by atoms with van der Waals surface area (Å²) in [5.74, 6) is 1.39. The average Bonchev–Trinajstić information content (AvgIpc) is 2.43. The Bertz CT molecular complexity index is 389. The number of aromatic nitrogens is 2. The molecule has 0 fully saturated rings. The number of nitrogens with zero attached hydrogens (tertiary/aromatic N) is 2. The van der Waals surface area contributed by atoms with Crippen LogP contribution in [0.4, 0.5) is 0 Å². The summed E-state index contributed by atoms with van der Waals surface area (Å²) in [6, 6.07) is 0. The fourth-order valence-corrected chi connectivity index (χ4v) is 1.30. The third kappa shape index (κ3) is 6.21. The summed E-state index contributed by atoms with van der Waals surface area (Å²) in [6.07, 6.45) is 5.33. The van der Waals surface area contributed by atoms with Crippen LogP contribution in [0.5, 0.6) is 0 Å². The van der Waals surface area contributed by atoms with Crippen molar-refractivity contribution in [1.29, 1.82) is 0 Å². The van der Waals surface area contributed by atoms with Crippen LogP contribution >= 0.6 is 0 Å². The molecule has 6 nitrogen and oxygen atoms in total. The van der Waals surface area contributed by atoms with E-state index < -0.39 is 10.4 Å². The van der Waals surface area contributed by atoms with Gasteiger partial charge in [0.2, 0.25) is 0 Å². The van der Waals surface area contributed by atoms with E-state index in [2.05, 4.69) is 42.4 Å². The van der Waals surface area contributed by atoms with Crippen LogP contribution in [-0.4, -0.2) is 22.1 Å². The second kappa shape index (κ2) is 5.84. The molecule has 0 saturated heterocycles. The van der Waals surface area contributed by atoms with Crippen molar-refractivity contribution < 1.29 is 22.1 Å². The Morgan fingerprint density at radius 1 is 1.40 bits per heavy atom. The maximum absolute atomic E-state index is 8.74. The molecule has 0 amide bonds. The summed E-state index contributed by atoms with van der Waals surface area (Å²) in [7, 11) is -2.58. The first-order chi connectivity index (χ1) is 6.79. The molecule has 0 spiro atoms. The highest BCUT2D eigenvalue weighted by molar-refractivity contribution is 7.79. The van der Waals surface area contributed by atoms with Crippen LogP contribution in [0.3, 0.4) is 0 Å². The lowest BCUT2D eigenvalue weighted by molar-refractivity contribution is -0.678. The predicted octanol–water partition coefficient (Wildman–Crippen LogP) is 0.242. The Morgan fingerprint density at radius 3 is 2.13 bits per heavy atom. The van der Waals surface area contributed by atoms with Gasteiger partial charge in [-0.05, 0) is 6.92 Å². The molecule has 1 heterocycles. The number of hydrogen-bond donors (Lipinski definition) is 2. The minimum Gasteiger partial charge on any atom is -0.264 e. The van der Waals surface area contributed by atoms with Gasteiger partial charge in [-0.3, -0.25) is 9.11 Å². The first kappa shape index (κ1) is 14.1. The van der Waals surface area contributed by atoms with Crippen LogP contribution in [0.25, 0.3) is 0 Å². The van der Waals surface area contributed by atoms with E-state index in [9.17, 15) is 0 Å². The van der Waals surface area contributed by atoms with Crippen LogP contribution < -0.4 is 4.57 Å². The summed E-state index contributed by atoms with van der Waals surface area (Å²) in [4.78, 5) is 0. The van der Waals surface area contributed by atoms with Gasteiger partial charge in [-0.15, -0.1) is 0 Å². The van der Waals surface area contributed by atoms with Crippen molar-refractivity contribution >= 4 is 10.4 Å². The summed E-state index contributed by atoms with van der Waals surface area (Å²) >= 11 is 0. The van der Waals surface area contributed by atoms with Gasteiger partial charge in [-0.2, -0.15) is 8.42 Å². The van der Waals surface area contributed by atoms with Crippen molar-refractivity contribution in [3.63, 3.8) is 0 Å². The highest BCUT2D eigenvalue weighted by Crippen LogP contribution is 1.94. The zero-order chi connectivity index (χ0) is 12.1. The second-order valence-electron chi connectivity index (χ2n) is 2.91. The minimum atomic E-state index is -4.67. The Kier molecular flexibility index (Phi) is 5.48. The van der Waals surface area contributed by atoms with E-state index >= 15 is 0 Å². The molecule has 0 aliphatic rings. The largest absolute Gasteiger partial charge is 0.394 e. The molecule has 1 aromatic heterocycles. The molecular weight excluding hydrogens is 220 g/mol. The summed E-state index contributed by atoms with van der Waals surface area (Å²) in [5, 5.41) is 0. The van der Waals surface area contributed by atoms with Crippen molar-refractivity contribution in [2.75, 3.05) is 0 Å². The van der Waals surface area contributed by atoms with Gasteiger partial charge in [-0.1, -0.05) is 6.92 Å². The van der Waals surface area contributed by atoms with Crippen molar-refractivity contribution in [2.45, 2.75) is 26.8 Å². The first-order valence-corrected chi connectivity index (χ1v) is 5.92. The molecule has 7 heteroatoms. The molecule has 2 N–H and O–H groups in total. The van der Waals surface area contributed by atoms with E-state index in [0.29, 0.717) is 0 Å². The molecule has 0 bridgehead atoms. The molecule has 0 aromatic carbocycles. The fourth-order valence-electron chi connectivity index (χ4n) is 1.30. The molecular formula is C8H17N2O4S+. The van der Waals surface area contributed by atoms with Crippen LogP contribution in [0.15, 0.2) is 12.4 Å². The minimum absolute atomic E-state index is 1.07. The lowest BCUT2D eigenvalue weighted by Gasteiger charge is -1.94. The van der Waals surface area contributed by atoms with Crippen molar-refractivity contribution in [1.82, 2.24) is 4.57 Å². The fraction of sp³-hybridized carbons (Fsp3) is 0.625. The van der Waals surface area contributed by atoms with Gasteiger partial charge in [0.1, 0.15) is 12.4 Å². The lowest BCUT2D eigenvalue weighted by atomic mass is 10.4. The molecule has 1 rings (SSSR count). The SMILES string of the molecule is CCc1n(CC)cc[n+]1C.O=S(=O)(O)O. The standard InChI is InChI=1S/C8H15N2.H2O4S/c1-4-8-9(3)6-7-10(8)5-2;1-5(2,3)4/h6-7H,4-5H2,1-3H3;(H2,1,2,3,4)/q+1;. The van der Waals surface area contributed by atoms with E-state index in [1.54, 1.807) is 0 Å². The third-order valence-electron chi connectivity index (χ3n) is 1.87. The maximum Gasteiger partial charge on any atom is 0.394 e. The van der Waals surface area contributed by atoms with Gasteiger partial charge < -0.3 is 0 Å². The highest BCUT2D eigenvalue weighted by Gasteiger charge is 2.08. The van der Waals surface area contributed by atoms with Crippen LogP contribution in [0.1, 0.15) is 19.7 Å². The third-order valence-corrected chi connectivity index (χ3v) is 1.87. The molecule has 0 aliphatic heterocycles. The highest BCUT2D eigenvalue weighted by atomic mass is 32.3. The van der Waals surface area contributed by atoms with Gasteiger partial charge in [0, 0.05) is 6.42 Å². The lowest BCUT2D eigenvalue weighted by Crippen LogP contribution is -2.31. The van der Waals surface area contributed by atoms with E-state index in [1.165, 1.54) is 5.82 Å². The maximum atomic E-state index is 8.74. The molecule has 0 unspecified atom stereocenters. The van der Waals surface area contributed by atoms with Crippen molar-refractivity contribution in [2.24, 2.45) is 7.05 Å². The van der Waals surface area contributed by atoms with Crippen molar-refractivity contribution in [3.05, 3.63) is 18.2 Å². The zero-order valence-corrected chi connectivity index (χ0v) is 9.90. The Labute approximate surface area is 89.7 Å².